The second-order valence-corrected chi connectivity index (χ2v) is 7.72. The number of carbonyl (C=O) groups is 2. The molecule has 1 atom stereocenters. The quantitative estimate of drug-likeness (QED) is 0.599. The number of carboxylic acid groups (broad SMARTS) is 1. The number of amides is 1. The molecule has 0 saturated carbocycles. The van der Waals surface area contributed by atoms with Crippen LogP contribution in [0.1, 0.15) is 22.6 Å². The van der Waals surface area contributed by atoms with Crippen molar-refractivity contribution < 1.29 is 28.2 Å². The van der Waals surface area contributed by atoms with Crippen LogP contribution in [0.15, 0.2) is 66.7 Å². The van der Waals surface area contributed by atoms with Crippen molar-refractivity contribution in [3.05, 3.63) is 95.1 Å². The van der Waals surface area contributed by atoms with Gasteiger partial charge in [0, 0.05) is 19.4 Å². The molecule has 0 spiro atoms. The Morgan fingerprint density at radius 2 is 1.56 bits per heavy atom. The van der Waals surface area contributed by atoms with Gasteiger partial charge in [0.2, 0.25) is 0 Å². The van der Waals surface area contributed by atoms with E-state index in [1.54, 1.807) is 0 Å². The molecule has 0 heterocycles. The summed E-state index contributed by atoms with van der Waals surface area (Å²) in [7, 11) is 1.32. The summed E-state index contributed by atoms with van der Waals surface area (Å²) in [5.74, 6) is -3.53. The molecule has 1 N–H and O–H groups in total. The van der Waals surface area contributed by atoms with Gasteiger partial charge in [0.25, 0.3) is 0 Å². The van der Waals surface area contributed by atoms with Gasteiger partial charge in [0.05, 0.1) is 0 Å². The minimum absolute atomic E-state index is 0.0503. The van der Waals surface area contributed by atoms with Gasteiger partial charge in [0.15, 0.2) is 11.6 Å². The maximum absolute atomic E-state index is 13.5. The third-order valence-electron chi connectivity index (χ3n) is 5.79. The van der Waals surface area contributed by atoms with E-state index in [-0.39, 0.29) is 24.5 Å². The summed E-state index contributed by atoms with van der Waals surface area (Å²) in [4.78, 5) is 25.4. The highest BCUT2D eigenvalue weighted by Gasteiger charge is 2.32. The van der Waals surface area contributed by atoms with E-state index in [2.05, 4.69) is 0 Å². The smallest absolute Gasteiger partial charge is 0.410 e. The second kappa shape index (κ2) is 8.78. The Bertz CT molecular complexity index is 1130. The van der Waals surface area contributed by atoms with E-state index in [0.29, 0.717) is 0 Å². The maximum Gasteiger partial charge on any atom is 0.410 e. The summed E-state index contributed by atoms with van der Waals surface area (Å²) < 4.78 is 32.2. The van der Waals surface area contributed by atoms with Gasteiger partial charge in [-0.15, -0.1) is 0 Å². The van der Waals surface area contributed by atoms with Crippen LogP contribution >= 0.6 is 0 Å². The third-order valence-corrected chi connectivity index (χ3v) is 5.79. The minimum atomic E-state index is -1.30. The van der Waals surface area contributed by atoms with Crippen molar-refractivity contribution in [3.8, 4) is 11.1 Å². The zero-order valence-corrected chi connectivity index (χ0v) is 17.3. The Morgan fingerprint density at radius 3 is 2.12 bits per heavy atom. The number of nitrogens with zero attached hydrogens (tertiary/aromatic N) is 1. The molecule has 3 aromatic rings. The third kappa shape index (κ3) is 4.06. The fraction of sp³-hybridized carbons (Fsp3) is 0.200. The summed E-state index contributed by atoms with van der Waals surface area (Å²) in [5, 5.41) is 9.60. The first-order chi connectivity index (χ1) is 15.4. The number of halogens is 2. The lowest BCUT2D eigenvalue weighted by atomic mass is 9.98. The fourth-order valence-electron chi connectivity index (χ4n) is 4.10. The van der Waals surface area contributed by atoms with Crippen LogP contribution in [0, 0.1) is 11.6 Å². The standard InChI is InChI=1S/C25H21F2NO4/c1-28(23(24(29)30)13-15-10-11-21(26)22(27)12-15)25(31)32-14-20-18-8-4-2-6-16(18)17-7-3-5-9-19(17)20/h2-12,20,23H,13-14H2,1H3,(H,29,30). The molecule has 0 aromatic heterocycles. The number of hydrogen-bond donors (Lipinski definition) is 1. The van der Waals surface area contributed by atoms with Gasteiger partial charge in [-0.25, -0.2) is 18.4 Å². The Hall–Kier alpha value is -3.74. The molecule has 164 valence electrons. The molecule has 1 aliphatic rings. The van der Waals surface area contributed by atoms with E-state index < -0.39 is 29.7 Å². The average molecular weight is 437 g/mol. The molecule has 1 aliphatic carbocycles. The van der Waals surface area contributed by atoms with Crippen molar-refractivity contribution >= 4 is 12.1 Å². The lowest BCUT2D eigenvalue weighted by Gasteiger charge is -2.25. The average Bonchev–Trinajstić information content (AvgIpc) is 3.11. The lowest BCUT2D eigenvalue weighted by Crippen LogP contribution is -2.44. The molecular weight excluding hydrogens is 416 g/mol. The van der Waals surface area contributed by atoms with Crippen molar-refractivity contribution in [2.45, 2.75) is 18.4 Å². The summed E-state index contributed by atoms with van der Waals surface area (Å²) in [5.41, 5.74) is 4.51. The van der Waals surface area contributed by atoms with E-state index in [0.717, 1.165) is 39.3 Å². The van der Waals surface area contributed by atoms with Gasteiger partial charge < -0.3 is 9.84 Å². The van der Waals surface area contributed by atoms with Crippen LogP contribution in [0.5, 0.6) is 0 Å². The molecule has 0 saturated heterocycles. The summed E-state index contributed by atoms with van der Waals surface area (Å²) in [6, 6.07) is 17.6. The molecule has 0 bridgehead atoms. The largest absolute Gasteiger partial charge is 0.480 e. The number of likely N-dealkylation sites (N-methyl/N-ethyl adjacent to an activating group) is 1. The molecule has 0 aliphatic heterocycles. The van der Waals surface area contributed by atoms with Gasteiger partial charge in [0.1, 0.15) is 12.6 Å². The summed E-state index contributed by atoms with van der Waals surface area (Å²) in [6.45, 7) is 0.0503. The van der Waals surface area contributed by atoms with Crippen molar-refractivity contribution in [1.29, 1.82) is 0 Å². The second-order valence-electron chi connectivity index (χ2n) is 7.72. The first-order valence-corrected chi connectivity index (χ1v) is 10.1. The molecular formula is C25H21F2NO4. The number of carboxylic acids is 1. The first kappa shape index (κ1) is 21.5. The Kier molecular flexibility index (Phi) is 5.90. The van der Waals surface area contributed by atoms with Crippen LogP contribution in [0.4, 0.5) is 13.6 Å². The molecule has 1 amide bonds. The number of rotatable bonds is 6. The Labute approximate surface area is 183 Å². The maximum atomic E-state index is 13.5. The van der Waals surface area contributed by atoms with Gasteiger partial charge in [-0.1, -0.05) is 54.6 Å². The molecule has 0 fully saturated rings. The highest BCUT2D eigenvalue weighted by molar-refractivity contribution is 5.81. The molecule has 32 heavy (non-hydrogen) atoms. The zero-order chi connectivity index (χ0) is 22.8. The van der Waals surface area contributed by atoms with Crippen LogP contribution in [0.3, 0.4) is 0 Å². The highest BCUT2D eigenvalue weighted by atomic mass is 19.2. The predicted molar refractivity (Wildman–Crippen MR) is 114 cm³/mol. The van der Waals surface area contributed by atoms with Gasteiger partial charge in [-0.2, -0.15) is 0 Å². The van der Waals surface area contributed by atoms with Crippen LogP contribution in [0.25, 0.3) is 11.1 Å². The van der Waals surface area contributed by atoms with Gasteiger partial charge in [-0.05, 0) is 39.9 Å². The molecule has 1 unspecified atom stereocenters. The monoisotopic (exact) mass is 437 g/mol. The van der Waals surface area contributed by atoms with Crippen molar-refractivity contribution in [3.63, 3.8) is 0 Å². The number of carbonyl (C=O) groups excluding carboxylic acids is 1. The van der Waals surface area contributed by atoms with E-state index in [9.17, 15) is 23.5 Å². The van der Waals surface area contributed by atoms with E-state index in [1.807, 2.05) is 48.5 Å². The van der Waals surface area contributed by atoms with Crippen molar-refractivity contribution in [2.75, 3.05) is 13.7 Å². The Balaban J connectivity index is 1.48. The zero-order valence-electron chi connectivity index (χ0n) is 17.3. The highest BCUT2D eigenvalue weighted by Crippen LogP contribution is 2.44. The summed E-state index contributed by atoms with van der Waals surface area (Å²) in [6.07, 6.45) is -0.991. The summed E-state index contributed by atoms with van der Waals surface area (Å²) >= 11 is 0. The van der Waals surface area contributed by atoms with E-state index in [4.69, 9.17) is 4.74 Å². The molecule has 5 nitrogen and oxygen atoms in total. The van der Waals surface area contributed by atoms with Gasteiger partial charge in [-0.3, -0.25) is 4.90 Å². The van der Waals surface area contributed by atoms with Crippen LogP contribution in [-0.4, -0.2) is 41.8 Å². The van der Waals surface area contributed by atoms with Crippen molar-refractivity contribution in [1.82, 2.24) is 4.90 Å². The first-order valence-electron chi connectivity index (χ1n) is 10.1. The fourth-order valence-corrected chi connectivity index (χ4v) is 4.10. The predicted octanol–water partition coefficient (Wildman–Crippen LogP) is 4.84. The minimum Gasteiger partial charge on any atom is -0.480 e. The molecule has 3 aromatic carbocycles. The normalized spacial score (nSPS) is 13.2. The van der Waals surface area contributed by atoms with E-state index in [1.165, 1.54) is 13.1 Å². The molecule has 0 radical (unpaired) electrons. The Morgan fingerprint density at radius 1 is 0.969 bits per heavy atom. The van der Waals surface area contributed by atoms with Crippen molar-refractivity contribution in [2.24, 2.45) is 0 Å². The van der Waals surface area contributed by atoms with Crippen LogP contribution in [0.2, 0.25) is 0 Å². The lowest BCUT2D eigenvalue weighted by molar-refractivity contribution is -0.142. The number of benzene rings is 3. The number of hydrogen-bond acceptors (Lipinski definition) is 3. The van der Waals surface area contributed by atoms with E-state index >= 15 is 0 Å². The SMILES string of the molecule is CN(C(=O)OCC1c2ccccc2-c2ccccc21)C(Cc1ccc(F)c(F)c1)C(=O)O. The molecule has 7 heteroatoms. The number of fused-ring (bicyclic) bond motifs is 3. The molecule has 4 rings (SSSR count). The van der Waals surface area contributed by atoms with Crippen LogP contribution in [-0.2, 0) is 16.0 Å². The van der Waals surface area contributed by atoms with Gasteiger partial charge >= 0.3 is 12.1 Å². The number of aliphatic carboxylic acids is 1. The topological polar surface area (TPSA) is 66.8 Å². The number of ether oxygens (including phenoxy) is 1. The van der Waals surface area contributed by atoms with Crippen LogP contribution < -0.4 is 0 Å².